The van der Waals surface area contributed by atoms with Gasteiger partial charge in [-0.25, -0.2) is 4.79 Å². The molecule has 2 aromatic carbocycles. The summed E-state index contributed by atoms with van der Waals surface area (Å²) in [5.74, 6) is 0.138. The second-order valence-corrected chi connectivity index (χ2v) is 6.91. The Bertz CT molecular complexity index is 778. The minimum Gasteiger partial charge on any atom is -0.320 e. The normalized spacial score (nSPS) is 20.3. The van der Waals surface area contributed by atoms with Crippen molar-refractivity contribution in [3.63, 3.8) is 0 Å². The first kappa shape index (κ1) is 16.6. The van der Waals surface area contributed by atoms with E-state index in [1.165, 1.54) is 0 Å². The molecule has 4 rings (SSSR count). The van der Waals surface area contributed by atoms with Crippen LogP contribution in [0.25, 0.3) is 0 Å². The van der Waals surface area contributed by atoms with E-state index in [-0.39, 0.29) is 18.1 Å². The van der Waals surface area contributed by atoms with Crippen LogP contribution in [0.2, 0.25) is 0 Å². The summed E-state index contributed by atoms with van der Waals surface area (Å²) in [6.07, 6.45) is 1.06. The van der Waals surface area contributed by atoms with Gasteiger partial charge in [0.2, 0.25) is 5.91 Å². The Morgan fingerprint density at radius 2 is 1.42 bits per heavy atom. The Hall–Kier alpha value is -2.82. The van der Waals surface area contributed by atoms with Crippen LogP contribution in [0, 0.1) is 0 Å². The lowest BCUT2D eigenvalue weighted by atomic mass is 10.1. The molecule has 2 aliphatic rings. The second kappa shape index (κ2) is 7.20. The van der Waals surface area contributed by atoms with E-state index in [1.807, 2.05) is 75.4 Å². The highest BCUT2D eigenvalue weighted by Crippen LogP contribution is 2.27. The Balaban J connectivity index is 1.49. The van der Waals surface area contributed by atoms with E-state index in [1.54, 1.807) is 0 Å². The number of nitrogens with zero attached hydrogens (tertiary/aromatic N) is 3. The Morgan fingerprint density at radius 3 is 2.08 bits per heavy atom. The monoisotopic (exact) mass is 349 g/mol. The molecule has 0 saturated carbocycles. The summed E-state index contributed by atoms with van der Waals surface area (Å²) in [6.45, 7) is 2.37. The third-order valence-electron chi connectivity index (χ3n) is 5.19. The number of benzene rings is 2. The van der Waals surface area contributed by atoms with Crippen LogP contribution in [0.5, 0.6) is 0 Å². The van der Waals surface area contributed by atoms with E-state index >= 15 is 0 Å². The molecule has 0 spiro atoms. The van der Waals surface area contributed by atoms with E-state index in [0.717, 1.165) is 17.5 Å². The topological polar surface area (TPSA) is 43.9 Å². The zero-order valence-corrected chi connectivity index (χ0v) is 14.8. The molecule has 3 amide bonds. The summed E-state index contributed by atoms with van der Waals surface area (Å²) in [5.41, 5.74) is 2.23. The molecule has 1 unspecified atom stereocenters. The van der Waals surface area contributed by atoms with Crippen molar-refractivity contribution in [2.24, 2.45) is 0 Å². The minimum atomic E-state index is -0.129. The van der Waals surface area contributed by atoms with Gasteiger partial charge >= 0.3 is 6.03 Å². The van der Waals surface area contributed by atoms with Gasteiger partial charge in [-0.3, -0.25) is 4.79 Å². The number of fused-ring (bicyclic) bond motifs is 1. The predicted molar refractivity (Wildman–Crippen MR) is 99.0 cm³/mol. The number of hydrogen-bond donors (Lipinski definition) is 0. The molecule has 134 valence electrons. The van der Waals surface area contributed by atoms with Crippen LogP contribution in [0.3, 0.4) is 0 Å². The van der Waals surface area contributed by atoms with Crippen LogP contribution in [-0.4, -0.2) is 45.9 Å². The van der Waals surface area contributed by atoms with Gasteiger partial charge in [0, 0.05) is 39.0 Å². The maximum atomic E-state index is 13.0. The van der Waals surface area contributed by atoms with Crippen molar-refractivity contribution in [2.45, 2.75) is 32.1 Å². The summed E-state index contributed by atoms with van der Waals surface area (Å²) in [5, 5.41) is 0. The lowest BCUT2D eigenvalue weighted by Gasteiger charge is -2.49. The summed E-state index contributed by atoms with van der Waals surface area (Å²) in [6, 6.07) is 20.1. The van der Waals surface area contributed by atoms with Gasteiger partial charge in [0.15, 0.2) is 0 Å². The van der Waals surface area contributed by atoms with E-state index < -0.39 is 0 Å². The van der Waals surface area contributed by atoms with Crippen LogP contribution in [0.4, 0.5) is 4.79 Å². The standard InChI is InChI=1S/C21H23N3O2/c25-20-12-14-23-19(24(20)16-18-9-5-2-6-10-18)11-13-22(21(23)26)15-17-7-3-1-4-8-17/h1-10,19H,11-16H2. The van der Waals surface area contributed by atoms with Crippen LogP contribution in [0.15, 0.2) is 60.7 Å². The van der Waals surface area contributed by atoms with Gasteiger partial charge in [-0.2, -0.15) is 0 Å². The van der Waals surface area contributed by atoms with Crippen LogP contribution in [-0.2, 0) is 17.9 Å². The van der Waals surface area contributed by atoms with Gasteiger partial charge in [-0.15, -0.1) is 0 Å². The van der Waals surface area contributed by atoms with E-state index in [9.17, 15) is 9.59 Å². The molecule has 5 nitrogen and oxygen atoms in total. The number of carbonyl (C=O) groups is 2. The smallest absolute Gasteiger partial charge is 0.320 e. The van der Waals surface area contributed by atoms with Crippen LogP contribution in [0.1, 0.15) is 24.0 Å². The average Bonchev–Trinajstić information content (AvgIpc) is 2.68. The SMILES string of the molecule is O=C1CCN2C(=O)N(Cc3ccccc3)CCC2N1Cc1ccccc1. The Morgan fingerprint density at radius 1 is 0.808 bits per heavy atom. The minimum absolute atomic E-state index is 0.0377. The quantitative estimate of drug-likeness (QED) is 0.851. The van der Waals surface area contributed by atoms with Crippen LogP contribution < -0.4 is 0 Å². The van der Waals surface area contributed by atoms with Crippen molar-refractivity contribution in [1.29, 1.82) is 0 Å². The van der Waals surface area contributed by atoms with E-state index in [2.05, 4.69) is 0 Å². The van der Waals surface area contributed by atoms with Crippen molar-refractivity contribution in [3.8, 4) is 0 Å². The van der Waals surface area contributed by atoms with Crippen molar-refractivity contribution < 1.29 is 9.59 Å². The summed E-state index contributed by atoms with van der Waals surface area (Å²) in [4.78, 5) is 31.1. The first-order chi connectivity index (χ1) is 12.7. The van der Waals surface area contributed by atoms with Crippen molar-refractivity contribution >= 4 is 11.9 Å². The third kappa shape index (κ3) is 3.29. The molecule has 2 fully saturated rings. The molecule has 2 saturated heterocycles. The fraction of sp³-hybridized carbons (Fsp3) is 0.333. The van der Waals surface area contributed by atoms with Crippen molar-refractivity contribution in [1.82, 2.24) is 14.7 Å². The first-order valence-corrected chi connectivity index (χ1v) is 9.15. The molecular formula is C21H23N3O2. The molecule has 0 bridgehead atoms. The maximum Gasteiger partial charge on any atom is 0.321 e. The molecule has 0 aliphatic carbocycles. The zero-order chi connectivity index (χ0) is 17.9. The molecule has 2 aliphatic heterocycles. The third-order valence-corrected chi connectivity index (χ3v) is 5.19. The number of amides is 3. The fourth-order valence-corrected chi connectivity index (χ4v) is 3.85. The molecule has 0 radical (unpaired) electrons. The molecule has 5 heteroatoms. The fourth-order valence-electron chi connectivity index (χ4n) is 3.85. The molecule has 2 aromatic rings. The molecule has 2 heterocycles. The van der Waals surface area contributed by atoms with Gasteiger partial charge < -0.3 is 14.7 Å². The number of carbonyl (C=O) groups excluding carboxylic acids is 2. The molecule has 0 aromatic heterocycles. The Kier molecular flexibility index (Phi) is 4.61. The second-order valence-electron chi connectivity index (χ2n) is 6.91. The molecule has 1 atom stereocenters. The molecular weight excluding hydrogens is 326 g/mol. The van der Waals surface area contributed by atoms with Gasteiger partial charge in [0.25, 0.3) is 0 Å². The lowest BCUT2D eigenvalue weighted by Crippen LogP contribution is -2.64. The van der Waals surface area contributed by atoms with Crippen molar-refractivity contribution in [2.75, 3.05) is 13.1 Å². The van der Waals surface area contributed by atoms with Gasteiger partial charge in [-0.05, 0) is 11.1 Å². The number of rotatable bonds is 4. The first-order valence-electron chi connectivity index (χ1n) is 9.15. The van der Waals surface area contributed by atoms with E-state index in [4.69, 9.17) is 0 Å². The average molecular weight is 349 g/mol. The molecule has 0 N–H and O–H groups in total. The van der Waals surface area contributed by atoms with Gasteiger partial charge in [0.1, 0.15) is 6.17 Å². The van der Waals surface area contributed by atoms with Crippen molar-refractivity contribution in [3.05, 3.63) is 71.8 Å². The highest BCUT2D eigenvalue weighted by molar-refractivity contribution is 5.82. The van der Waals surface area contributed by atoms with E-state index in [0.29, 0.717) is 32.6 Å². The van der Waals surface area contributed by atoms with Crippen LogP contribution >= 0.6 is 0 Å². The molecule has 26 heavy (non-hydrogen) atoms. The van der Waals surface area contributed by atoms with Gasteiger partial charge in [0.05, 0.1) is 0 Å². The number of urea groups is 1. The summed E-state index contributed by atoms with van der Waals surface area (Å²) >= 11 is 0. The highest BCUT2D eigenvalue weighted by atomic mass is 16.2. The zero-order valence-electron chi connectivity index (χ0n) is 14.8. The summed E-state index contributed by atoms with van der Waals surface area (Å²) in [7, 11) is 0. The Labute approximate surface area is 153 Å². The summed E-state index contributed by atoms with van der Waals surface area (Å²) < 4.78 is 0. The highest BCUT2D eigenvalue weighted by Gasteiger charge is 2.41. The number of hydrogen-bond acceptors (Lipinski definition) is 2. The predicted octanol–water partition coefficient (Wildman–Crippen LogP) is 3.07. The maximum absolute atomic E-state index is 13.0. The largest absolute Gasteiger partial charge is 0.321 e. The lowest BCUT2D eigenvalue weighted by molar-refractivity contribution is -0.145. The van der Waals surface area contributed by atoms with Gasteiger partial charge in [-0.1, -0.05) is 60.7 Å².